The van der Waals surface area contributed by atoms with Crippen molar-refractivity contribution in [3.8, 4) is 0 Å². The fourth-order valence-corrected chi connectivity index (χ4v) is 7.70. The summed E-state index contributed by atoms with van der Waals surface area (Å²) in [5, 5.41) is 24.4. The van der Waals surface area contributed by atoms with Gasteiger partial charge in [-0.05, 0) is 45.2 Å². The number of ether oxygens (including phenoxy) is 3. The Balaban J connectivity index is 0.00000481. The summed E-state index contributed by atoms with van der Waals surface area (Å²) in [6.45, 7) is 21.5. The maximum absolute atomic E-state index is 14.0. The fourth-order valence-electron chi connectivity index (χ4n) is 7.70. The molecule has 0 aromatic heterocycles. The topological polar surface area (TPSA) is 106 Å². The number of carbonyl (C=O) groups excluding carboxylic acids is 2. The van der Waals surface area contributed by atoms with Gasteiger partial charge in [0, 0.05) is 31.2 Å². The van der Waals surface area contributed by atoms with E-state index in [4.69, 9.17) is 14.2 Å². The molecule has 3 fully saturated rings. The third-order valence-electron chi connectivity index (χ3n) is 9.62. The van der Waals surface area contributed by atoms with Crippen molar-refractivity contribution in [2.24, 2.45) is 16.7 Å². The summed E-state index contributed by atoms with van der Waals surface area (Å²) in [5.74, 6) is -1.51. The van der Waals surface area contributed by atoms with E-state index in [0.29, 0.717) is 13.0 Å². The lowest BCUT2D eigenvalue weighted by Gasteiger charge is -2.71. The average Bonchev–Trinajstić information content (AvgIpc) is 2.79. The minimum atomic E-state index is -2.08. The van der Waals surface area contributed by atoms with E-state index in [0.717, 1.165) is 26.1 Å². The second-order valence-electron chi connectivity index (χ2n) is 12.2. The Morgan fingerprint density at radius 3 is 2.32 bits per heavy atom. The molecule has 0 spiro atoms. The number of likely N-dealkylation sites (N-methyl/N-ethyl adjacent to an activating group) is 1. The van der Waals surface area contributed by atoms with Crippen molar-refractivity contribution < 1.29 is 34.0 Å². The first-order valence-electron chi connectivity index (χ1n) is 13.4. The molecule has 1 heterocycles. The summed E-state index contributed by atoms with van der Waals surface area (Å²) in [6.07, 6.45) is -0.167. The Hall–Kier alpha value is -1.03. The summed E-state index contributed by atoms with van der Waals surface area (Å²) in [7, 11) is 0. The van der Waals surface area contributed by atoms with Crippen molar-refractivity contribution >= 4 is 24.2 Å². The number of esters is 1. The molecule has 9 heteroatoms. The standard InChI is InChI=1S/C28H47NO7.ClH/c1-10-25(7)17-19(31)28(33)26(8)20(34-16-15-29(11-2)12-3)13-14-24(5,6)22(26)21(35-18(4)30)23(32)27(28,9)36-25;/h10,20-23,32-33H,1,11-17H2,2-9H3;1H/t20-,21?,22-,23?,25-,26?,27+,28-;/m0./s1. The highest BCUT2D eigenvalue weighted by molar-refractivity contribution is 5.92. The lowest BCUT2D eigenvalue weighted by Crippen LogP contribution is -2.86. The van der Waals surface area contributed by atoms with Crippen LogP contribution in [0.25, 0.3) is 0 Å². The molecule has 8 atom stereocenters. The van der Waals surface area contributed by atoms with Crippen LogP contribution in [0, 0.1) is 16.7 Å². The number of aliphatic hydroxyl groups is 2. The quantitative estimate of drug-likeness (QED) is 0.353. The number of halogens is 1. The van der Waals surface area contributed by atoms with Crippen LogP contribution in [-0.2, 0) is 23.8 Å². The van der Waals surface area contributed by atoms with Crippen LogP contribution in [-0.4, -0.2) is 88.2 Å². The highest BCUT2D eigenvalue weighted by Crippen LogP contribution is 2.67. The number of fused-ring (bicyclic) bond motifs is 3. The van der Waals surface area contributed by atoms with E-state index in [1.54, 1.807) is 13.8 Å². The molecule has 0 amide bonds. The SMILES string of the molecule is C=C[C@@]1(C)CC(=O)[C@]2(O)C3(C)[C@@H](OCCN(CC)CC)CCC(C)(C)[C@@H]3C(OC(C)=O)C(O)[C@@]2(C)O1.Cl. The maximum atomic E-state index is 14.0. The van der Waals surface area contributed by atoms with Crippen molar-refractivity contribution in [2.75, 3.05) is 26.2 Å². The minimum absolute atomic E-state index is 0. The molecular weight excluding hydrogens is 498 g/mol. The highest BCUT2D eigenvalue weighted by atomic mass is 35.5. The smallest absolute Gasteiger partial charge is 0.303 e. The monoisotopic (exact) mass is 545 g/mol. The molecule has 3 aliphatic rings. The molecule has 1 saturated heterocycles. The van der Waals surface area contributed by atoms with Gasteiger partial charge in [0.1, 0.15) is 17.8 Å². The Labute approximate surface area is 228 Å². The van der Waals surface area contributed by atoms with E-state index in [9.17, 15) is 19.8 Å². The van der Waals surface area contributed by atoms with Crippen molar-refractivity contribution in [1.29, 1.82) is 0 Å². The van der Waals surface area contributed by atoms with Gasteiger partial charge in [0.05, 0.1) is 18.3 Å². The molecular formula is C28H48ClNO7. The van der Waals surface area contributed by atoms with Crippen LogP contribution in [0.4, 0.5) is 0 Å². The van der Waals surface area contributed by atoms with Crippen molar-refractivity contribution in [2.45, 2.75) is 110 Å². The molecule has 3 unspecified atom stereocenters. The number of aliphatic hydroxyl groups excluding tert-OH is 1. The number of ketones is 1. The van der Waals surface area contributed by atoms with E-state index in [1.807, 2.05) is 20.8 Å². The summed E-state index contributed by atoms with van der Waals surface area (Å²) in [6, 6.07) is 0. The second-order valence-corrected chi connectivity index (χ2v) is 12.2. The van der Waals surface area contributed by atoms with Crippen molar-refractivity contribution in [3.05, 3.63) is 12.7 Å². The number of hydrogen-bond acceptors (Lipinski definition) is 8. The van der Waals surface area contributed by atoms with Gasteiger partial charge in [-0.25, -0.2) is 0 Å². The van der Waals surface area contributed by atoms with Crippen LogP contribution < -0.4 is 0 Å². The van der Waals surface area contributed by atoms with Crippen LogP contribution in [0.2, 0.25) is 0 Å². The maximum Gasteiger partial charge on any atom is 0.303 e. The summed E-state index contributed by atoms with van der Waals surface area (Å²) >= 11 is 0. The summed E-state index contributed by atoms with van der Waals surface area (Å²) in [4.78, 5) is 28.6. The Kier molecular flexibility index (Phi) is 9.44. The number of rotatable bonds is 8. The fraction of sp³-hybridized carbons (Fsp3) is 0.857. The van der Waals surface area contributed by atoms with E-state index >= 15 is 0 Å². The first kappa shape index (κ1) is 32.2. The largest absolute Gasteiger partial charge is 0.459 e. The van der Waals surface area contributed by atoms with E-state index < -0.39 is 63.6 Å². The molecule has 3 rings (SSSR count). The Bertz CT molecular complexity index is 879. The van der Waals surface area contributed by atoms with Crippen LogP contribution >= 0.6 is 12.4 Å². The van der Waals surface area contributed by atoms with Crippen LogP contribution in [0.1, 0.15) is 74.7 Å². The molecule has 2 saturated carbocycles. The zero-order valence-corrected chi connectivity index (χ0v) is 24.7. The minimum Gasteiger partial charge on any atom is -0.459 e. The van der Waals surface area contributed by atoms with Gasteiger partial charge in [-0.3, -0.25) is 9.59 Å². The number of carbonyl (C=O) groups is 2. The van der Waals surface area contributed by atoms with E-state index in [-0.39, 0.29) is 18.8 Å². The molecule has 0 aromatic carbocycles. The van der Waals surface area contributed by atoms with Gasteiger partial charge in [-0.15, -0.1) is 19.0 Å². The Morgan fingerprint density at radius 2 is 1.81 bits per heavy atom. The van der Waals surface area contributed by atoms with Crippen LogP contribution in [0.15, 0.2) is 12.7 Å². The first-order valence-corrected chi connectivity index (χ1v) is 13.4. The average molecular weight is 546 g/mol. The summed E-state index contributed by atoms with van der Waals surface area (Å²) < 4.78 is 18.7. The van der Waals surface area contributed by atoms with Crippen LogP contribution in [0.5, 0.6) is 0 Å². The number of nitrogens with zero attached hydrogens (tertiary/aromatic N) is 1. The molecule has 0 aromatic rings. The highest BCUT2D eigenvalue weighted by Gasteiger charge is 2.81. The lowest BCUT2D eigenvalue weighted by atomic mass is 9.39. The van der Waals surface area contributed by atoms with Crippen LogP contribution in [0.3, 0.4) is 0 Å². The predicted octanol–water partition coefficient (Wildman–Crippen LogP) is 3.31. The predicted molar refractivity (Wildman–Crippen MR) is 144 cm³/mol. The molecule has 8 nitrogen and oxygen atoms in total. The third kappa shape index (κ3) is 4.80. The van der Waals surface area contributed by atoms with Gasteiger partial charge in [0.25, 0.3) is 0 Å². The van der Waals surface area contributed by atoms with Gasteiger partial charge in [0.15, 0.2) is 11.4 Å². The molecule has 2 N–H and O–H groups in total. The van der Waals surface area contributed by atoms with Gasteiger partial charge >= 0.3 is 5.97 Å². The lowest BCUT2D eigenvalue weighted by molar-refractivity contribution is -0.372. The number of hydrogen-bond donors (Lipinski definition) is 2. The van der Waals surface area contributed by atoms with Gasteiger partial charge in [0.2, 0.25) is 0 Å². The molecule has 0 bridgehead atoms. The zero-order chi connectivity index (χ0) is 27.3. The normalized spacial score (nSPS) is 42.8. The van der Waals surface area contributed by atoms with Gasteiger partial charge in [-0.2, -0.15) is 0 Å². The molecule has 37 heavy (non-hydrogen) atoms. The van der Waals surface area contributed by atoms with E-state index in [2.05, 4.69) is 25.3 Å². The van der Waals surface area contributed by atoms with Crippen molar-refractivity contribution in [3.63, 3.8) is 0 Å². The summed E-state index contributed by atoms with van der Waals surface area (Å²) in [5.41, 5.74) is -6.60. The van der Waals surface area contributed by atoms with Gasteiger partial charge in [-0.1, -0.05) is 40.7 Å². The Morgan fingerprint density at radius 1 is 1.22 bits per heavy atom. The second kappa shape index (κ2) is 10.9. The third-order valence-corrected chi connectivity index (χ3v) is 9.62. The molecule has 2 aliphatic carbocycles. The number of Topliss-reactive ketones (excluding diaryl/α,β-unsaturated/α-hetero) is 1. The first-order chi connectivity index (χ1) is 16.6. The van der Waals surface area contributed by atoms with E-state index in [1.165, 1.54) is 13.0 Å². The molecule has 214 valence electrons. The van der Waals surface area contributed by atoms with Crippen molar-refractivity contribution in [1.82, 2.24) is 4.90 Å². The van der Waals surface area contributed by atoms with Gasteiger partial charge < -0.3 is 29.3 Å². The zero-order valence-electron chi connectivity index (χ0n) is 23.8. The molecule has 1 aliphatic heterocycles. The molecule has 0 radical (unpaired) electrons.